The molecule has 8 heteroatoms. The Hall–Kier alpha value is -1.31. The third kappa shape index (κ3) is 6.33. The van der Waals surface area contributed by atoms with Gasteiger partial charge in [-0.3, -0.25) is 9.59 Å². The maximum Gasteiger partial charge on any atom is 0.242 e. The fourth-order valence-electron chi connectivity index (χ4n) is 1.60. The van der Waals surface area contributed by atoms with E-state index in [1.807, 2.05) is 18.2 Å². The molecule has 0 fully saturated rings. The van der Waals surface area contributed by atoms with Crippen LogP contribution in [0.3, 0.4) is 0 Å². The van der Waals surface area contributed by atoms with Gasteiger partial charge in [0, 0.05) is 23.6 Å². The molecule has 6 nitrogen and oxygen atoms in total. The predicted molar refractivity (Wildman–Crippen MR) is 86.5 cm³/mol. The van der Waals surface area contributed by atoms with E-state index in [9.17, 15) is 9.59 Å². The molecule has 0 aliphatic rings. The molecule has 0 aliphatic heterocycles. The number of carbonyl (C=O) groups excluding carboxylic acids is 2. The molecule has 0 atom stereocenters. The molecular formula is C13H19BrClN3O3. The van der Waals surface area contributed by atoms with E-state index in [2.05, 4.69) is 21.2 Å². The molecule has 0 aliphatic carbocycles. The van der Waals surface area contributed by atoms with Crippen LogP contribution in [-0.4, -0.2) is 44.0 Å². The number of carbonyl (C=O) groups is 2. The highest BCUT2D eigenvalue weighted by molar-refractivity contribution is 9.10. The first-order valence-corrected chi connectivity index (χ1v) is 6.80. The largest absolute Gasteiger partial charge is 0.496 e. The molecule has 0 aromatic heterocycles. The average Bonchev–Trinajstić information content (AvgIpc) is 2.44. The van der Waals surface area contributed by atoms with Gasteiger partial charge in [0.1, 0.15) is 5.75 Å². The van der Waals surface area contributed by atoms with E-state index in [-0.39, 0.29) is 37.3 Å². The number of amides is 2. The minimum atomic E-state index is -0.355. The second-order valence-corrected chi connectivity index (χ2v) is 5.10. The number of hydrogen-bond acceptors (Lipinski definition) is 4. The second kappa shape index (κ2) is 9.59. The molecule has 21 heavy (non-hydrogen) atoms. The van der Waals surface area contributed by atoms with E-state index in [4.69, 9.17) is 10.5 Å². The Labute approximate surface area is 138 Å². The standard InChI is InChI=1S/C13H18BrN3O3.ClH/c1-17(13(19)7-16-12(18)6-15)8-9-5-10(14)3-4-11(9)20-2;/h3-5H,6-8,15H2,1-2H3,(H,16,18);1H. The van der Waals surface area contributed by atoms with Crippen molar-refractivity contribution in [3.63, 3.8) is 0 Å². The summed E-state index contributed by atoms with van der Waals surface area (Å²) in [6.07, 6.45) is 0. The quantitative estimate of drug-likeness (QED) is 0.768. The van der Waals surface area contributed by atoms with Crippen molar-refractivity contribution in [2.45, 2.75) is 6.54 Å². The van der Waals surface area contributed by atoms with Crippen LogP contribution in [0.2, 0.25) is 0 Å². The van der Waals surface area contributed by atoms with Crippen molar-refractivity contribution in [2.24, 2.45) is 5.73 Å². The maximum absolute atomic E-state index is 11.9. The normalized spacial score (nSPS) is 9.52. The van der Waals surface area contributed by atoms with Crippen molar-refractivity contribution >= 4 is 40.2 Å². The lowest BCUT2D eigenvalue weighted by Gasteiger charge is -2.19. The number of methoxy groups -OCH3 is 1. The van der Waals surface area contributed by atoms with Crippen LogP contribution in [0.5, 0.6) is 5.75 Å². The third-order valence-electron chi connectivity index (χ3n) is 2.70. The Kier molecular flexibility index (Phi) is 9.00. The van der Waals surface area contributed by atoms with Gasteiger partial charge < -0.3 is 20.7 Å². The minimum Gasteiger partial charge on any atom is -0.496 e. The Morgan fingerprint density at radius 1 is 1.43 bits per heavy atom. The number of nitrogens with zero attached hydrogens (tertiary/aromatic N) is 1. The van der Waals surface area contributed by atoms with Crippen molar-refractivity contribution < 1.29 is 14.3 Å². The fraction of sp³-hybridized carbons (Fsp3) is 0.385. The van der Waals surface area contributed by atoms with Gasteiger partial charge in [-0.2, -0.15) is 0 Å². The predicted octanol–water partition coefficient (Wildman–Crippen LogP) is 0.913. The number of ether oxygens (including phenoxy) is 1. The minimum absolute atomic E-state index is 0. The summed E-state index contributed by atoms with van der Waals surface area (Å²) in [5.74, 6) is 0.152. The SMILES string of the molecule is COc1ccc(Br)cc1CN(C)C(=O)CNC(=O)CN.Cl. The topological polar surface area (TPSA) is 84.7 Å². The van der Waals surface area contributed by atoms with E-state index in [1.54, 1.807) is 14.2 Å². The molecule has 0 saturated carbocycles. The first-order valence-electron chi connectivity index (χ1n) is 6.01. The summed E-state index contributed by atoms with van der Waals surface area (Å²) in [6, 6.07) is 5.58. The molecule has 3 N–H and O–H groups in total. The molecule has 0 radical (unpaired) electrons. The zero-order chi connectivity index (χ0) is 15.1. The number of halogens is 2. The summed E-state index contributed by atoms with van der Waals surface area (Å²) >= 11 is 3.38. The molecular weight excluding hydrogens is 362 g/mol. The molecule has 1 rings (SSSR count). The molecule has 1 aromatic carbocycles. The van der Waals surface area contributed by atoms with Crippen LogP contribution in [0.4, 0.5) is 0 Å². The number of benzene rings is 1. The zero-order valence-corrected chi connectivity index (χ0v) is 14.3. The number of likely N-dealkylation sites (N-methyl/N-ethyl adjacent to an activating group) is 1. The lowest BCUT2D eigenvalue weighted by Crippen LogP contribution is -2.40. The molecule has 0 unspecified atom stereocenters. The highest BCUT2D eigenvalue weighted by Gasteiger charge is 2.13. The lowest BCUT2D eigenvalue weighted by molar-refractivity contribution is -0.131. The number of hydrogen-bond donors (Lipinski definition) is 2. The number of nitrogens with one attached hydrogen (secondary N) is 1. The van der Waals surface area contributed by atoms with Crippen LogP contribution in [0, 0.1) is 0 Å². The van der Waals surface area contributed by atoms with E-state index < -0.39 is 0 Å². The van der Waals surface area contributed by atoms with Gasteiger partial charge in [0.05, 0.1) is 20.2 Å². The summed E-state index contributed by atoms with van der Waals surface area (Å²) < 4.78 is 6.16. The van der Waals surface area contributed by atoms with Crippen LogP contribution in [0.25, 0.3) is 0 Å². The van der Waals surface area contributed by atoms with Crippen LogP contribution in [-0.2, 0) is 16.1 Å². The molecule has 0 bridgehead atoms. The third-order valence-corrected chi connectivity index (χ3v) is 3.19. The Morgan fingerprint density at radius 2 is 2.10 bits per heavy atom. The van der Waals surface area contributed by atoms with Gasteiger partial charge >= 0.3 is 0 Å². The Bertz CT molecular complexity index is 500. The van der Waals surface area contributed by atoms with Crippen LogP contribution >= 0.6 is 28.3 Å². The molecule has 0 spiro atoms. The summed E-state index contributed by atoms with van der Waals surface area (Å²) in [5, 5.41) is 2.44. The number of nitrogens with two attached hydrogens (primary N) is 1. The van der Waals surface area contributed by atoms with Crippen LogP contribution in [0.1, 0.15) is 5.56 Å². The molecule has 1 aromatic rings. The summed E-state index contributed by atoms with van der Waals surface area (Å²) in [5.41, 5.74) is 6.03. The van der Waals surface area contributed by atoms with Crippen LogP contribution < -0.4 is 15.8 Å². The fourth-order valence-corrected chi connectivity index (χ4v) is 2.00. The monoisotopic (exact) mass is 379 g/mol. The van der Waals surface area contributed by atoms with E-state index in [1.165, 1.54) is 4.90 Å². The molecule has 0 saturated heterocycles. The second-order valence-electron chi connectivity index (χ2n) is 4.19. The van der Waals surface area contributed by atoms with Crippen molar-refractivity contribution in [1.82, 2.24) is 10.2 Å². The smallest absolute Gasteiger partial charge is 0.242 e. The van der Waals surface area contributed by atoms with Crippen LogP contribution in [0.15, 0.2) is 22.7 Å². The van der Waals surface area contributed by atoms with Crippen molar-refractivity contribution in [3.05, 3.63) is 28.2 Å². The summed E-state index contributed by atoms with van der Waals surface area (Å²) in [4.78, 5) is 24.4. The van der Waals surface area contributed by atoms with E-state index >= 15 is 0 Å². The first-order chi connectivity index (χ1) is 9.47. The summed E-state index contributed by atoms with van der Waals surface area (Å²) in [7, 11) is 3.24. The Morgan fingerprint density at radius 3 is 2.67 bits per heavy atom. The van der Waals surface area contributed by atoms with Gasteiger partial charge in [-0.05, 0) is 18.2 Å². The highest BCUT2D eigenvalue weighted by atomic mass is 79.9. The lowest BCUT2D eigenvalue weighted by atomic mass is 10.2. The highest BCUT2D eigenvalue weighted by Crippen LogP contribution is 2.23. The zero-order valence-electron chi connectivity index (χ0n) is 11.9. The van der Waals surface area contributed by atoms with Gasteiger partial charge in [-0.1, -0.05) is 15.9 Å². The van der Waals surface area contributed by atoms with Gasteiger partial charge in [-0.15, -0.1) is 12.4 Å². The Balaban J connectivity index is 0.00000400. The van der Waals surface area contributed by atoms with Gasteiger partial charge in [0.25, 0.3) is 0 Å². The van der Waals surface area contributed by atoms with Crippen molar-refractivity contribution in [3.8, 4) is 5.75 Å². The average molecular weight is 381 g/mol. The van der Waals surface area contributed by atoms with Gasteiger partial charge in [0.15, 0.2) is 0 Å². The number of rotatable bonds is 6. The molecule has 0 heterocycles. The van der Waals surface area contributed by atoms with E-state index in [0.29, 0.717) is 12.3 Å². The van der Waals surface area contributed by atoms with Gasteiger partial charge in [-0.25, -0.2) is 0 Å². The van der Waals surface area contributed by atoms with Crippen molar-refractivity contribution in [2.75, 3.05) is 27.2 Å². The van der Waals surface area contributed by atoms with E-state index in [0.717, 1.165) is 10.0 Å². The van der Waals surface area contributed by atoms with Crippen molar-refractivity contribution in [1.29, 1.82) is 0 Å². The first kappa shape index (κ1) is 19.7. The summed E-state index contributed by atoms with van der Waals surface area (Å²) in [6.45, 7) is 0.194. The molecule has 118 valence electrons. The maximum atomic E-state index is 11.9. The molecule has 2 amide bonds. The van der Waals surface area contributed by atoms with Gasteiger partial charge in [0.2, 0.25) is 11.8 Å².